The van der Waals surface area contributed by atoms with Gasteiger partial charge in [-0.3, -0.25) is 9.99 Å². The fourth-order valence-electron chi connectivity index (χ4n) is 1.63. The highest BCUT2D eigenvalue weighted by Crippen LogP contribution is 2.10. The summed E-state index contributed by atoms with van der Waals surface area (Å²) >= 11 is 0. The molecule has 4 N–H and O–H groups in total. The van der Waals surface area contributed by atoms with E-state index in [1.54, 1.807) is 30.4 Å². The predicted octanol–water partition coefficient (Wildman–Crippen LogP) is 0.180. The molecule has 0 amide bonds. The van der Waals surface area contributed by atoms with Gasteiger partial charge >= 0.3 is 0 Å². The molecule has 2 rings (SSSR count). The molecule has 0 spiro atoms. The van der Waals surface area contributed by atoms with E-state index in [-0.39, 0.29) is 12.0 Å². The lowest BCUT2D eigenvalue weighted by Crippen LogP contribution is -2.26. The Labute approximate surface area is 116 Å². The van der Waals surface area contributed by atoms with Crippen LogP contribution in [-0.2, 0) is 4.74 Å². The van der Waals surface area contributed by atoms with Crippen LogP contribution in [0, 0.1) is 0 Å². The van der Waals surface area contributed by atoms with Crippen LogP contribution >= 0.6 is 0 Å². The summed E-state index contributed by atoms with van der Waals surface area (Å²) in [5, 5.41) is 3.19. The number of nitrogens with zero attached hydrogens (tertiary/aromatic N) is 5. The van der Waals surface area contributed by atoms with Crippen molar-refractivity contribution in [3.05, 3.63) is 18.7 Å². The van der Waals surface area contributed by atoms with Gasteiger partial charge in [0.15, 0.2) is 0 Å². The fraction of sp³-hybridized carbons (Fsp3) is 0.455. The number of hydrazine groups is 1. The van der Waals surface area contributed by atoms with Crippen LogP contribution in [-0.4, -0.2) is 44.3 Å². The molecule has 0 aliphatic carbocycles. The first-order valence-corrected chi connectivity index (χ1v) is 6.23. The maximum absolute atomic E-state index is 5.38. The van der Waals surface area contributed by atoms with Gasteiger partial charge in [-0.25, -0.2) is 10.8 Å². The van der Waals surface area contributed by atoms with Crippen LogP contribution in [0.2, 0.25) is 0 Å². The second-order valence-electron chi connectivity index (χ2n) is 4.10. The molecule has 20 heavy (non-hydrogen) atoms. The molecule has 0 saturated carbocycles. The number of nitrogen functional groups attached to an aromatic ring is 1. The van der Waals surface area contributed by atoms with Crippen LogP contribution in [0.4, 0.5) is 11.9 Å². The van der Waals surface area contributed by atoms with E-state index in [2.05, 4.69) is 37.6 Å². The van der Waals surface area contributed by atoms with Crippen LogP contribution in [0.25, 0.3) is 5.95 Å². The molecule has 2 heterocycles. The largest absolute Gasteiger partial charge is 0.383 e. The molecular formula is C11H18N8O. The summed E-state index contributed by atoms with van der Waals surface area (Å²) in [6, 6.07) is 0.115. The monoisotopic (exact) mass is 278 g/mol. The number of anilines is 2. The van der Waals surface area contributed by atoms with Gasteiger partial charge in [0.25, 0.3) is 0 Å². The molecule has 108 valence electrons. The third-order valence-electron chi connectivity index (χ3n) is 2.68. The van der Waals surface area contributed by atoms with E-state index in [1.165, 1.54) is 0 Å². The van der Waals surface area contributed by atoms with E-state index < -0.39 is 0 Å². The van der Waals surface area contributed by atoms with Crippen molar-refractivity contribution >= 4 is 11.9 Å². The fourth-order valence-corrected chi connectivity index (χ4v) is 1.63. The second-order valence-corrected chi connectivity index (χ2v) is 4.10. The van der Waals surface area contributed by atoms with Crippen LogP contribution < -0.4 is 16.6 Å². The molecule has 0 aromatic carbocycles. The number of ether oxygens (including phenoxy) is 1. The Bertz CT molecular complexity index is 529. The molecule has 2 aromatic heterocycles. The van der Waals surface area contributed by atoms with Crippen molar-refractivity contribution in [3.63, 3.8) is 0 Å². The van der Waals surface area contributed by atoms with Crippen LogP contribution in [0.3, 0.4) is 0 Å². The van der Waals surface area contributed by atoms with Crippen LogP contribution in [0.1, 0.15) is 13.3 Å². The predicted molar refractivity (Wildman–Crippen MR) is 74.3 cm³/mol. The van der Waals surface area contributed by atoms with Crippen molar-refractivity contribution in [2.24, 2.45) is 5.84 Å². The van der Waals surface area contributed by atoms with Crippen molar-refractivity contribution in [2.75, 3.05) is 24.5 Å². The van der Waals surface area contributed by atoms with Crippen molar-refractivity contribution in [3.8, 4) is 5.95 Å². The molecule has 0 fully saturated rings. The SMILES string of the molecule is CCC(COC)Nc1nc(NN)nc(-n2ccnc2)n1. The lowest BCUT2D eigenvalue weighted by molar-refractivity contribution is 0.184. The zero-order valence-electron chi connectivity index (χ0n) is 11.4. The van der Waals surface area contributed by atoms with Gasteiger partial charge in [0.2, 0.25) is 17.8 Å². The summed E-state index contributed by atoms with van der Waals surface area (Å²) in [6.45, 7) is 2.62. The van der Waals surface area contributed by atoms with Gasteiger partial charge in [-0.15, -0.1) is 0 Å². The maximum Gasteiger partial charge on any atom is 0.243 e. The average Bonchev–Trinajstić information content (AvgIpc) is 3.00. The van der Waals surface area contributed by atoms with Gasteiger partial charge in [0.05, 0.1) is 12.6 Å². The third-order valence-corrected chi connectivity index (χ3v) is 2.68. The van der Waals surface area contributed by atoms with E-state index in [4.69, 9.17) is 10.6 Å². The van der Waals surface area contributed by atoms with Gasteiger partial charge in [0.1, 0.15) is 6.33 Å². The lowest BCUT2D eigenvalue weighted by atomic mass is 10.2. The number of hydrogen-bond acceptors (Lipinski definition) is 8. The highest BCUT2D eigenvalue weighted by molar-refractivity contribution is 5.37. The maximum atomic E-state index is 5.38. The third kappa shape index (κ3) is 3.39. The standard InChI is InChI=1S/C11H18N8O/c1-3-8(6-20-2)14-9-15-10(18-12)17-11(16-9)19-5-4-13-7-19/h4-5,7-8H,3,6,12H2,1-2H3,(H2,14,15,16,17,18). The van der Waals surface area contributed by atoms with Crippen molar-refractivity contribution in [2.45, 2.75) is 19.4 Å². The zero-order chi connectivity index (χ0) is 14.4. The molecule has 0 saturated heterocycles. The first kappa shape index (κ1) is 14.2. The van der Waals surface area contributed by atoms with Gasteiger partial charge in [-0.2, -0.15) is 15.0 Å². The summed E-state index contributed by atoms with van der Waals surface area (Å²) < 4.78 is 6.81. The lowest BCUT2D eigenvalue weighted by Gasteiger charge is -2.16. The molecule has 0 aliphatic rings. The summed E-state index contributed by atoms with van der Waals surface area (Å²) in [5.74, 6) is 6.52. The number of imidazole rings is 1. The van der Waals surface area contributed by atoms with Gasteiger partial charge in [-0.05, 0) is 6.42 Å². The minimum absolute atomic E-state index is 0.115. The Hall–Kier alpha value is -2.26. The first-order valence-electron chi connectivity index (χ1n) is 6.23. The Morgan fingerprint density at radius 1 is 1.35 bits per heavy atom. The number of nitrogens with two attached hydrogens (primary N) is 1. The normalized spacial score (nSPS) is 12.2. The molecule has 0 radical (unpaired) electrons. The molecule has 1 unspecified atom stereocenters. The van der Waals surface area contributed by atoms with Crippen molar-refractivity contribution < 1.29 is 4.74 Å². The quantitative estimate of drug-likeness (QED) is 0.485. The van der Waals surface area contributed by atoms with E-state index >= 15 is 0 Å². The Balaban J connectivity index is 2.26. The highest BCUT2D eigenvalue weighted by Gasteiger charge is 2.11. The highest BCUT2D eigenvalue weighted by atomic mass is 16.5. The van der Waals surface area contributed by atoms with Gasteiger partial charge < -0.3 is 10.1 Å². The topological polar surface area (TPSA) is 116 Å². The van der Waals surface area contributed by atoms with Crippen LogP contribution in [0.15, 0.2) is 18.7 Å². The van der Waals surface area contributed by atoms with E-state index in [1.807, 2.05) is 0 Å². The number of rotatable bonds is 7. The summed E-state index contributed by atoms with van der Waals surface area (Å²) in [6.07, 6.45) is 5.87. The number of methoxy groups -OCH3 is 1. The Morgan fingerprint density at radius 2 is 2.15 bits per heavy atom. The van der Waals surface area contributed by atoms with Crippen molar-refractivity contribution in [1.29, 1.82) is 0 Å². The minimum Gasteiger partial charge on any atom is -0.383 e. The summed E-state index contributed by atoms with van der Waals surface area (Å²) in [5.41, 5.74) is 2.43. The molecule has 9 heteroatoms. The van der Waals surface area contributed by atoms with Crippen LogP contribution in [0.5, 0.6) is 0 Å². The molecular weight excluding hydrogens is 260 g/mol. The van der Waals surface area contributed by atoms with E-state index in [9.17, 15) is 0 Å². The molecule has 1 atom stereocenters. The summed E-state index contributed by atoms with van der Waals surface area (Å²) in [7, 11) is 1.65. The zero-order valence-corrected chi connectivity index (χ0v) is 11.4. The summed E-state index contributed by atoms with van der Waals surface area (Å²) in [4.78, 5) is 16.6. The number of aromatic nitrogens is 5. The average molecular weight is 278 g/mol. The Kier molecular flexibility index (Phi) is 4.80. The van der Waals surface area contributed by atoms with Crippen molar-refractivity contribution in [1.82, 2.24) is 24.5 Å². The Morgan fingerprint density at radius 3 is 2.75 bits per heavy atom. The second kappa shape index (κ2) is 6.78. The van der Waals surface area contributed by atoms with E-state index in [0.29, 0.717) is 18.5 Å². The van der Waals surface area contributed by atoms with Gasteiger partial charge in [0, 0.05) is 19.5 Å². The smallest absolute Gasteiger partial charge is 0.243 e. The van der Waals surface area contributed by atoms with Gasteiger partial charge in [-0.1, -0.05) is 6.92 Å². The molecule has 0 bridgehead atoms. The number of hydrogen-bond donors (Lipinski definition) is 3. The van der Waals surface area contributed by atoms with E-state index in [0.717, 1.165) is 6.42 Å². The molecule has 0 aliphatic heterocycles. The minimum atomic E-state index is 0.115. The molecule has 2 aromatic rings. The number of nitrogens with one attached hydrogen (secondary N) is 2. The first-order chi connectivity index (χ1) is 9.76. The molecule has 9 nitrogen and oxygen atoms in total.